The van der Waals surface area contributed by atoms with Crippen molar-refractivity contribution in [1.29, 1.82) is 0 Å². The van der Waals surface area contributed by atoms with Gasteiger partial charge >= 0.3 is 0 Å². The third kappa shape index (κ3) is 4.90. The van der Waals surface area contributed by atoms with Gasteiger partial charge in [0.1, 0.15) is 5.75 Å². The van der Waals surface area contributed by atoms with Gasteiger partial charge in [0.05, 0.1) is 17.6 Å². The number of nitrogens with one attached hydrogen (secondary N) is 2. The zero-order valence-corrected chi connectivity index (χ0v) is 13.9. The second kappa shape index (κ2) is 7.73. The number of benzene rings is 1. The number of methoxy groups -OCH3 is 1. The average molecular weight is 342 g/mol. The van der Waals surface area contributed by atoms with Crippen molar-refractivity contribution in [2.45, 2.75) is 4.90 Å². The molecule has 1 aromatic rings. The molecule has 0 aromatic heterocycles. The highest BCUT2D eigenvalue weighted by Crippen LogP contribution is 2.21. The number of rotatable bonds is 6. The van der Waals surface area contributed by atoms with E-state index in [9.17, 15) is 13.2 Å². The first-order valence-electron chi connectivity index (χ1n) is 7.34. The molecule has 0 radical (unpaired) electrons. The van der Waals surface area contributed by atoms with Gasteiger partial charge in [-0.2, -0.15) is 0 Å². The van der Waals surface area contributed by atoms with Gasteiger partial charge in [0.15, 0.2) is 0 Å². The van der Waals surface area contributed by atoms with Gasteiger partial charge in [0.25, 0.3) is 5.91 Å². The number of carbonyl (C=O) groups is 1. The molecule has 2 rings (SSSR count). The predicted molar refractivity (Wildman–Crippen MR) is 86.0 cm³/mol. The van der Waals surface area contributed by atoms with E-state index in [1.807, 2.05) is 0 Å². The minimum Gasteiger partial charge on any atom is -0.496 e. The first-order valence-corrected chi connectivity index (χ1v) is 8.88. The van der Waals surface area contributed by atoms with Crippen LogP contribution in [-0.4, -0.2) is 65.6 Å². The largest absolute Gasteiger partial charge is 0.496 e. The molecule has 0 spiro atoms. The van der Waals surface area contributed by atoms with Crippen LogP contribution in [0.3, 0.4) is 0 Å². The standard InChI is InChI=1S/C14H22N4O4S/c1-22-13-3-2-11(23(15,20)21)10-12(13)14(19)17-6-9-18-7-4-16-5-8-18/h2-3,10,16H,4-9H2,1H3,(H,17,19)(H2,15,20,21). The molecular formula is C14H22N4O4S. The number of hydrogen-bond donors (Lipinski definition) is 3. The molecule has 0 atom stereocenters. The van der Waals surface area contributed by atoms with Crippen molar-refractivity contribution in [2.24, 2.45) is 5.14 Å². The Morgan fingerprint density at radius 1 is 1.39 bits per heavy atom. The van der Waals surface area contributed by atoms with Gasteiger partial charge in [-0.1, -0.05) is 0 Å². The maximum atomic E-state index is 12.3. The maximum absolute atomic E-state index is 12.3. The SMILES string of the molecule is COc1ccc(S(N)(=O)=O)cc1C(=O)NCCN1CCNCC1. The molecule has 1 heterocycles. The third-order valence-corrected chi connectivity index (χ3v) is 4.58. The Bertz CT molecular complexity index is 657. The van der Waals surface area contributed by atoms with E-state index in [1.165, 1.54) is 25.3 Å². The molecule has 1 amide bonds. The van der Waals surface area contributed by atoms with E-state index >= 15 is 0 Å². The molecule has 128 valence electrons. The molecule has 9 heteroatoms. The molecule has 0 saturated carbocycles. The van der Waals surface area contributed by atoms with Crippen LogP contribution in [0.15, 0.2) is 23.1 Å². The van der Waals surface area contributed by atoms with Crippen molar-refractivity contribution in [2.75, 3.05) is 46.4 Å². The number of ether oxygens (including phenoxy) is 1. The summed E-state index contributed by atoms with van der Waals surface area (Å²) >= 11 is 0. The zero-order valence-electron chi connectivity index (χ0n) is 13.0. The van der Waals surface area contributed by atoms with Crippen LogP contribution < -0.4 is 20.5 Å². The number of nitrogens with zero attached hydrogens (tertiary/aromatic N) is 1. The first kappa shape index (κ1) is 17.7. The van der Waals surface area contributed by atoms with Crippen LogP contribution in [-0.2, 0) is 10.0 Å². The number of nitrogens with two attached hydrogens (primary N) is 1. The molecule has 23 heavy (non-hydrogen) atoms. The average Bonchev–Trinajstić information content (AvgIpc) is 2.54. The first-order chi connectivity index (χ1) is 10.9. The molecule has 1 aliphatic heterocycles. The van der Waals surface area contributed by atoms with Gasteiger partial charge in [-0.15, -0.1) is 0 Å². The Labute approximate surface area is 136 Å². The number of piperazine rings is 1. The van der Waals surface area contributed by atoms with E-state index in [4.69, 9.17) is 9.88 Å². The van der Waals surface area contributed by atoms with Crippen LogP contribution in [0, 0.1) is 0 Å². The van der Waals surface area contributed by atoms with Crippen LogP contribution in [0.1, 0.15) is 10.4 Å². The number of sulfonamides is 1. The summed E-state index contributed by atoms with van der Waals surface area (Å²) in [6, 6.07) is 3.96. The lowest BCUT2D eigenvalue weighted by molar-refractivity contribution is 0.0944. The Balaban J connectivity index is 2.02. The van der Waals surface area contributed by atoms with Crippen molar-refractivity contribution in [3.63, 3.8) is 0 Å². The topological polar surface area (TPSA) is 114 Å². The lowest BCUT2D eigenvalue weighted by atomic mass is 10.2. The number of primary sulfonamides is 1. The summed E-state index contributed by atoms with van der Waals surface area (Å²) in [6.07, 6.45) is 0. The van der Waals surface area contributed by atoms with E-state index in [-0.39, 0.29) is 16.4 Å². The fraction of sp³-hybridized carbons (Fsp3) is 0.500. The van der Waals surface area contributed by atoms with E-state index in [1.54, 1.807) is 0 Å². The van der Waals surface area contributed by atoms with Crippen LogP contribution in [0.5, 0.6) is 5.75 Å². The lowest BCUT2D eigenvalue weighted by Gasteiger charge is -2.27. The van der Waals surface area contributed by atoms with Gasteiger partial charge in [-0.3, -0.25) is 9.69 Å². The normalized spacial score (nSPS) is 16.1. The number of hydrogen-bond acceptors (Lipinski definition) is 6. The third-order valence-electron chi connectivity index (χ3n) is 3.67. The summed E-state index contributed by atoms with van der Waals surface area (Å²) in [5, 5.41) is 11.1. The second-order valence-electron chi connectivity index (χ2n) is 5.25. The molecule has 1 saturated heterocycles. The Kier molecular flexibility index (Phi) is 5.94. The van der Waals surface area contributed by atoms with Gasteiger partial charge in [0.2, 0.25) is 10.0 Å². The Hall–Kier alpha value is -1.68. The van der Waals surface area contributed by atoms with Crippen molar-refractivity contribution >= 4 is 15.9 Å². The molecule has 4 N–H and O–H groups in total. The summed E-state index contributed by atoms with van der Waals surface area (Å²) < 4.78 is 28.0. The molecule has 1 aromatic carbocycles. The fourth-order valence-electron chi connectivity index (χ4n) is 2.40. The van der Waals surface area contributed by atoms with E-state index in [2.05, 4.69) is 15.5 Å². The van der Waals surface area contributed by atoms with Crippen molar-refractivity contribution in [1.82, 2.24) is 15.5 Å². The summed E-state index contributed by atoms with van der Waals surface area (Å²) in [6.45, 7) is 4.99. The Morgan fingerprint density at radius 2 is 2.09 bits per heavy atom. The smallest absolute Gasteiger partial charge is 0.255 e. The summed E-state index contributed by atoms with van der Waals surface area (Å²) in [7, 11) is -2.45. The van der Waals surface area contributed by atoms with E-state index < -0.39 is 10.0 Å². The summed E-state index contributed by atoms with van der Waals surface area (Å²) in [5.41, 5.74) is 0.152. The quantitative estimate of drug-likeness (QED) is 0.610. The van der Waals surface area contributed by atoms with E-state index in [0.29, 0.717) is 12.3 Å². The highest BCUT2D eigenvalue weighted by molar-refractivity contribution is 7.89. The highest BCUT2D eigenvalue weighted by Gasteiger charge is 2.17. The van der Waals surface area contributed by atoms with Crippen LogP contribution >= 0.6 is 0 Å². The van der Waals surface area contributed by atoms with Crippen molar-refractivity contribution in [3.05, 3.63) is 23.8 Å². The second-order valence-corrected chi connectivity index (χ2v) is 6.82. The van der Waals surface area contributed by atoms with Crippen molar-refractivity contribution in [3.8, 4) is 5.75 Å². The minimum atomic E-state index is -3.87. The van der Waals surface area contributed by atoms with Crippen molar-refractivity contribution < 1.29 is 17.9 Å². The van der Waals surface area contributed by atoms with Gasteiger partial charge in [0, 0.05) is 39.3 Å². The number of carbonyl (C=O) groups excluding carboxylic acids is 1. The van der Waals surface area contributed by atoms with Crippen LogP contribution in [0.2, 0.25) is 0 Å². The predicted octanol–water partition coefficient (Wildman–Crippen LogP) is -1.02. The minimum absolute atomic E-state index is 0.120. The Morgan fingerprint density at radius 3 is 2.70 bits per heavy atom. The molecule has 0 bridgehead atoms. The molecule has 1 fully saturated rings. The van der Waals surface area contributed by atoms with Gasteiger partial charge < -0.3 is 15.4 Å². The molecular weight excluding hydrogens is 320 g/mol. The fourth-order valence-corrected chi connectivity index (χ4v) is 2.94. The monoisotopic (exact) mass is 342 g/mol. The molecule has 0 unspecified atom stereocenters. The molecule has 1 aliphatic rings. The summed E-state index contributed by atoms with van der Waals surface area (Å²) in [5.74, 6) is -0.0837. The summed E-state index contributed by atoms with van der Waals surface area (Å²) in [4.78, 5) is 14.4. The lowest BCUT2D eigenvalue weighted by Crippen LogP contribution is -2.46. The number of amides is 1. The maximum Gasteiger partial charge on any atom is 0.255 e. The van der Waals surface area contributed by atoms with E-state index in [0.717, 1.165) is 32.7 Å². The van der Waals surface area contributed by atoms with Gasteiger partial charge in [-0.25, -0.2) is 13.6 Å². The van der Waals surface area contributed by atoms with Crippen LogP contribution in [0.25, 0.3) is 0 Å². The highest BCUT2D eigenvalue weighted by atomic mass is 32.2. The van der Waals surface area contributed by atoms with Crippen LogP contribution in [0.4, 0.5) is 0 Å². The zero-order chi connectivity index (χ0) is 16.9. The molecule has 8 nitrogen and oxygen atoms in total. The molecule has 0 aliphatic carbocycles. The van der Waals surface area contributed by atoms with Gasteiger partial charge in [-0.05, 0) is 18.2 Å².